The summed E-state index contributed by atoms with van der Waals surface area (Å²) in [5, 5.41) is 10.3. The summed E-state index contributed by atoms with van der Waals surface area (Å²) < 4.78 is 6.16. The lowest BCUT2D eigenvalue weighted by molar-refractivity contribution is 0.150. The molecule has 1 aromatic heterocycles. The number of aliphatic hydroxyl groups is 1. The number of nitrogens with zero attached hydrogens (tertiary/aromatic N) is 1. The summed E-state index contributed by atoms with van der Waals surface area (Å²) in [4.78, 5) is 4.43. The maximum absolute atomic E-state index is 10.1. The predicted octanol–water partition coefficient (Wildman–Crippen LogP) is 4.68. The van der Waals surface area contributed by atoms with E-state index in [1.54, 1.807) is 6.20 Å². The highest BCUT2D eigenvalue weighted by atomic mass is 28.4. The van der Waals surface area contributed by atoms with Crippen LogP contribution >= 0.6 is 0 Å². The van der Waals surface area contributed by atoms with E-state index in [0.29, 0.717) is 12.5 Å². The van der Waals surface area contributed by atoms with Crippen LogP contribution in [-0.2, 0) is 11.0 Å². The molecule has 0 aromatic carbocycles. The van der Waals surface area contributed by atoms with Crippen molar-refractivity contribution in [2.24, 2.45) is 5.92 Å². The number of aliphatic hydroxyl groups excluding tert-OH is 1. The Morgan fingerprint density at radius 2 is 1.86 bits per heavy atom. The maximum atomic E-state index is 10.1. The lowest BCUT2D eigenvalue weighted by Gasteiger charge is -2.36. The quantitative estimate of drug-likeness (QED) is 0.776. The van der Waals surface area contributed by atoms with Crippen molar-refractivity contribution >= 4 is 8.32 Å². The second kappa shape index (κ2) is 7.03. The van der Waals surface area contributed by atoms with Gasteiger partial charge in [-0.15, -0.1) is 0 Å². The van der Waals surface area contributed by atoms with Crippen molar-refractivity contribution in [2.75, 3.05) is 0 Å². The number of pyridine rings is 1. The molecule has 1 atom stereocenters. The first-order chi connectivity index (χ1) is 9.53. The molecule has 0 radical (unpaired) electrons. The van der Waals surface area contributed by atoms with Gasteiger partial charge >= 0.3 is 0 Å². The van der Waals surface area contributed by atoms with Gasteiger partial charge in [0.15, 0.2) is 8.32 Å². The van der Waals surface area contributed by atoms with Crippen molar-refractivity contribution in [1.29, 1.82) is 0 Å². The van der Waals surface area contributed by atoms with Crippen LogP contribution in [0.3, 0.4) is 0 Å². The average molecular weight is 310 g/mol. The van der Waals surface area contributed by atoms with E-state index in [1.165, 1.54) is 0 Å². The lowest BCUT2D eigenvalue weighted by Crippen LogP contribution is -2.40. The molecule has 1 unspecified atom stereocenters. The van der Waals surface area contributed by atoms with Crippen LogP contribution < -0.4 is 0 Å². The highest BCUT2D eigenvalue weighted by Crippen LogP contribution is 2.37. The molecule has 0 saturated heterocycles. The Morgan fingerprint density at radius 3 is 2.29 bits per heavy atom. The Kier molecular flexibility index (Phi) is 6.14. The topological polar surface area (TPSA) is 42.4 Å². The third-order valence-electron chi connectivity index (χ3n) is 4.31. The van der Waals surface area contributed by atoms with Gasteiger partial charge in [0.05, 0.1) is 18.4 Å². The molecule has 21 heavy (non-hydrogen) atoms. The van der Waals surface area contributed by atoms with Crippen molar-refractivity contribution in [2.45, 2.75) is 71.9 Å². The molecule has 120 valence electrons. The molecule has 0 aliphatic heterocycles. The molecule has 1 aromatic rings. The smallest absolute Gasteiger partial charge is 0.192 e. The summed E-state index contributed by atoms with van der Waals surface area (Å²) in [5.41, 5.74) is 1.82. The van der Waals surface area contributed by atoms with Gasteiger partial charge in [-0.3, -0.25) is 4.98 Å². The van der Waals surface area contributed by atoms with Gasteiger partial charge in [0, 0.05) is 6.20 Å². The number of hydrogen-bond donors (Lipinski definition) is 1. The van der Waals surface area contributed by atoms with Crippen molar-refractivity contribution in [3.63, 3.8) is 0 Å². The highest BCUT2D eigenvalue weighted by molar-refractivity contribution is 6.74. The first-order valence-corrected chi connectivity index (χ1v) is 10.7. The van der Waals surface area contributed by atoms with E-state index in [2.05, 4.69) is 52.7 Å². The van der Waals surface area contributed by atoms with Crippen LogP contribution in [0, 0.1) is 5.92 Å². The summed E-state index contributed by atoms with van der Waals surface area (Å²) in [7, 11) is -1.73. The zero-order valence-corrected chi connectivity index (χ0v) is 15.6. The summed E-state index contributed by atoms with van der Waals surface area (Å²) in [6.07, 6.45) is 2.12. The Labute approximate surface area is 130 Å². The first-order valence-electron chi connectivity index (χ1n) is 7.80. The third kappa shape index (κ3) is 5.53. The van der Waals surface area contributed by atoms with Gasteiger partial charge in [-0.05, 0) is 42.1 Å². The molecular weight excluding hydrogens is 278 g/mol. The van der Waals surface area contributed by atoms with Gasteiger partial charge in [-0.25, -0.2) is 0 Å². The van der Waals surface area contributed by atoms with Crippen LogP contribution in [-0.4, -0.2) is 18.4 Å². The van der Waals surface area contributed by atoms with Gasteiger partial charge in [0.1, 0.15) is 0 Å². The van der Waals surface area contributed by atoms with Crippen LogP contribution in [0.1, 0.15) is 58.4 Å². The Hall–Kier alpha value is -0.713. The fourth-order valence-corrected chi connectivity index (χ4v) is 2.71. The summed E-state index contributed by atoms with van der Waals surface area (Å²) in [5.74, 6) is 0.474. The molecule has 3 nitrogen and oxygen atoms in total. The normalized spacial score (nSPS) is 14.5. The van der Waals surface area contributed by atoms with E-state index in [-0.39, 0.29) is 5.04 Å². The standard InChI is InChI=1S/C17H31NO2Si/c1-13(2)10-16(19)14-8-9-15(18-11-14)12-20-21(6,7)17(3,4)5/h8-9,11,13,16,19H,10,12H2,1-7H3. The first kappa shape index (κ1) is 18.3. The molecule has 4 heteroatoms. The van der Waals surface area contributed by atoms with Gasteiger partial charge < -0.3 is 9.53 Å². The summed E-state index contributed by atoms with van der Waals surface area (Å²) >= 11 is 0. The van der Waals surface area contributed by atoms with Gasteiger partial charge in [0.2, 0.25) is 0 Å². The number of hydrogen-bond acceptors (Lipinski definition) is 3. The molecule has 1 rings (SSSR count). The minimum Gasteiger partial charge on any atom is -0.411 e. The largest absolute Gasteiger partial charge is 0.411 e. The Bertz CT molecular complexity index is 435. The monoisotopic (exact) mass is 309 g/mol. The zero-order chi connectivity index (χ0) is 16.3. The molecule has 0 saturated carbocycles. The summed E-state index contributed by atoms with van der Waals surface area (Å²) in [6.45, 7) is 16.0. The fraction of sp³-hybridized carbons (Fsp3) is 0.706. The van der Waals surface area contributed by atoms with Crippen molar-refractivity contribution < 1.29 is 9.53 Å². The Morgan fingerprint density at radius 1 is 1.24 bits per heavy atom. The highest BCUT2D eigenvalue weighted by Gasteiger charge is 2.37. The van der Waals surface area contributed by atoms with Crippen LogP contribution in [0.4, 0.5) is 0 Å². The molecule has 0 fully saturated rings. The molecular formula is C17H31NO2Si. The second-order valence-corrected chi connectivity index (χ2v) is 12.6. The van der Waals surface area contributed by atoms with Crippen molar-refractivity contribution in [3.05, 3.63) is 29.6 Å². The molecule has 0 aliphatic rings. The molecule has 1 heterocycles. The molecule has 0 aliphatic carbocycles. The predicted molar refractivity (Wildman–Crippen MR) is 90.6 cm³/mol. The van der Waals surface area contributed by atoms with E-state index in [0.717, 1.165) is 17.7 Å². The average Bonchev–Trinajstić information content (AvgIpc) is 2.35. The van der Waals surface area contributed by atoms with Gasteiger partial charge in [-0.2, -0.15) is 0 Å². The molecule has 1 N–H and O–H groups in total. The third-order valence-corrected chi connectivity index (χ3v) is 8.79. The second-order valence-electron chi connectivity index (χ2n) is 7.78. The summed E-state index contributed by atoms with van der Waals surface area (Å²) in [6, 6.07) is 3.93. The Balaban J connectivity index is 2.63. The van der Waals surface area contributed by atoms with Crippen LogP contribution in [0.5, 0.6) is 0 Å². The van der Waals surface area contributed by atoms with Gasteiger partial charge in [-0.1, -0.05) is 40.7 Å². The SMILES string of the molecule is CC(C)CC(O)c1ccc(CO[Si](C)(C)C(C)(C)C)nc1. The van der Waals surface area contributed by atoms with Crippen molar-refractivity contribution in [3.8, 4) is 0 Å². The van der Waals surface area contributed by atoms with E-state index < -0.39 is 14.4 Å². The minimum atomic E-state index is -1.73. The molecule has 0 amide bonds. The number of aromatic nitrogens is 1. The van der Waals surface area contributed by atoms with Crippen LogP contribution in [0.2, 0.25) is 18.1 Å². The van der Waals surface area contributed by atoms with E-state index in [1.807, 2.05) is 12.1 Å². The minimum absolute atomic E-state index is 0.209. The number of rotatable bonds is 6. The zero-order valence-electron chi connectivity index (χ0n) is 14.6. The van der Waals surface area contributed by atoms with Gasteiger partial charge in [0.25, 0.3) is 0 Å². The van der Waals surface area contributed by atoms with Crippen LogP contribution in [0.15, 0.2) is 18.3 Å². The van der Waals surface area contributed by atoms with E-state index in [9.17, 15) is 5.11 Å². The van der Waals surface area contributed by atoms with E-state index >= 15 is 0 Å². The fourth-order valence-electron chi connectivity index (χ4n) is 1.77. The lowest BCUT2D eigenvalue weighted by atomic mass is 10.0. The molecule has 0 spiro atoms. The van der Waals surface area contributed by atoms with Crippen LogP contribution in [0.25, 0.3) is 0 Å². The van der Waals surface area contributed by atoms with Crippen molar-refractivity contribution in [1.82, 2.24) is 4.98 Å². The molecule has 0 bridgehead atoms. The van der Waals surface area contributed by atoms with E-state index in [4.69, 9.17) is 4.43 Å². The maximum Gasteiger partial charge on any atom is 0.192 e.